The van der Waals surface area contributed by atoms with Crippen molar-refractivity contribution in [2.45, 2.75) is 65.0 Å². The SMILES string of the molecule is CC.CC(C)(C)OC(=O)NC1=NC2(c3cc(N)ccc3F)CCCC2CS1. The minimum absolute atomic E-state index is 0.234. The number of carbonyl (C=O) groups excluding carboxylic acids is 1. The van der Waals surface area contributed by atoms with Crippen LogP contribution in [0, 0.1) is 11.7 Å². The van der Waals surface area contributed by atoms with E-state index in [1.54, 1.807) is 32.9 Å². The Morgan fingerprint density at radius 2 is 2.11 bits per heavy atom. The van der Waals surface area contributed by atoms with Crippen LogP contribution in [-0.2, 0) is 10.3 Å². The van der Waals surface area contributed by atoms with Crippen LogP contribution in [0.1, 0.15) is 59.4 Å². The maximum absolute atomic E-state index is 14.6. The molecule has 1 fully saturated rings. The summed E-state index contributed by atoms with van der Waals surface area (Å²) in [5, 5.41) is 3.20. The van der Waals surface area contributed by atoms with Crippen LogP contribution in [-0.4, -0.2) is 22.6 Å². The first kappa shape index (κ1) is 21.5. The molecule has 0 saturated heterocycles. The third-order valence-electron chi connectivity index (χ3n) is 4.57. The van der Waals surface area contributed by atoms with Crippen LogP contribution in [0.3, 0.4) is 0 Å². The van der Waals surface area contributed by atoms with Crippen LogP contribution in [0.25, 0.3) is 0 Å². The van der Waals surface area contributed by atoms with E-state index < -0.39 is 17.2 Å². The first-order chi connectivity index (χ1) is 12.7. The largest absolute Gasteiger partial charge is 0.444 e. The van der Waals surface area contributed by atoms with Crippen molar-refractivity contribution in [1.82, 2.24) is 5.32 Å². The summed E-state index contributed by atoms with van der Waals surface area (Å²) in [6.07, 6.45) is 2.17. The smallest absolute Gasteiger partial charge is 0.413 e. The summed E-state index contributed by atoms with van der Waals surface area (Å²) >= 11 is 1.48. The number of rotatable bonds is 1. The zero-order valence-electron chi connectivity index (χ0n) is 16.8. The average molecular weight is 396 g/mol. The van der Waals surface area contributed by atoms with E-state index in [4.69, 9.17) is 15.5 Å². The van der Waals surface area contributed by atoms with Crippen molar-refractivity contribution in [3.05, 3.63) is 29.6 Å². The Morgan fingerprint density at radius 1 is 1.41 bits per heavy atom. The Morgan fingerprint density at radius 3 is 2.78 bits per heavy atom. The molecule has 2 unspecified atom stereocenters. The highest BCUT2D eigenvalue weighted by Crippen LogP contribution is 2.51. The molecule has 1 heterocycles. The maximum Gasteiger partial charge on any atom is 0.413 e. The third kappa shape index (κ3) is 4.94. The number of amidine groups is 1. The number of nitrogens with zero attached hydrogens (tertiary/aromatic N) is 1. The van der Waals surface area contributed by atoms with E-state index >= 15 is 0 Å². The van der Waals surface area contributed by atoms with E-state index in [-0.39, 0.29) is 11.7 Å². The summed E-state index contributed by atoms with van der Waals surface area (Å²) in [7, 11) is 0. The van der Waals surface area contributed by atoms with Gasteiger partial charge in [-0.05, 0) is 57.7 Å². The molecule has 0 radical (unpaired) electrons. The number of nitrogens with two attached hydrogens (primary N) is 1. The summed E-state index contributed by atoms with van der Waals surface area (Å²) in [5.74, 6) is 0.717. The molecule has 1 aromatic rings. The molecule has 27 heavy (non-hydrogen) atoms. The minimum Gasteiger partial charge on any atom is -0.444 e. The zero-order chi connectivity index (χ0) is 20.2. The molecule has 2 aliphatic rings. The number of nitrogen functional groups attached to an aromatic ring is 1. The van der Waals surface area contributed by atoms with Crippen molar-refractivity contribution in [3.63, 3.8) is 0 Å². The van der Waals surface area contributed by atoms with Crippen molar-refractivity contribution in [3.8, 4) is 0 Å². The summed E-state index contributed by atoms with van der Waals surface area (Å²) < 4.78 is 19.9. The van der Waals surface area contributed by atoms with Crippen molar-refractivity contribution in [2.24, 2.45) is 10.9 Å². The molecule has 3 rings (SSSR count). The fourth-order valence-electron chi connectivity index (χ4n) is 3.57. The number of hydrogen-bond acceptors (Lipinski definition) is 5. The maximum atomic E-state index is 14.6. The highest BCUT2D eigenvalue weighted by Gasteiger charge is 2.48. The number of hydrogen-bond donors (Lipinski definition) is 2. The lowest BCUT2D eigenvalue weighted by molar-refractivity contribution is 0.0564. The van der Waals surface area contributed by atoms with Crippen molar-refractivity contribution in [1.29, 1.82) is 0 Å². The number of nitrogens with one attached hydrogen (secondary N) is 1. The lowest BCUT2D eigenvalue weighted by Gasteiger charge is -2.37. The van der Waals surface area contributed by atoms with Gasteiger partial charge in [-0.2, -0.15) is 0 Å². The van der Waals surface area contributed by atoms with Gasteiger partial charge in [0.25, 0.3) is 0 Å². The molecule has 150 valence electrons. The third-order valence-corrected chi connectivity index (χ3v) is 5.61. The molecule has 0 aromatic heterocycles. The standard InChI is InChI=1S/C18H24FN3O2S.C2H6/c1-17(2,3)24-16(23)21-15-22-18(8-4-5-11(18)10-25-15)13-9-12(20)6-7-14(13)19;1-2/h6-7,9,11H,4-5,8,10,20H2,1-3H3,(H,21,22,23);1-2H3. The molecule has 3 N–H and O–H groups in total. The molecule has 1 aromatic carbocycles. The second-order valence-electron chi connectivity index (χ2n) is 7.61. The molecule has 1 aliphatic carbocycles. The van der Waals surface area contributed by atoms with Crippen LogP contribution in [0.15, 0.2) is 23.2 Å². The van der Waals surface area contributed by atoms with Crippen molar-refractivity contribution >= 4 is 28.7 Å². The van der Waals surface area contributed by atoms with Gasteiger partial charge in [-0.15, -0.1) is 0 Å². The van der Waals surface area contributed by atoms with E-state index in [9.17, 15) is 9.18 Å². The number of benzene rings is 1. The number of fused-ring (bicyclic) bond motifs is 1. The van der Waals surface area contributed by atoms with Gasteiger partial charge in [0.05, 0.1) is 5.54 Å². The molecule has 0 spiro atoms. The van der Waals surface area contributed by atoms with E-state index in [1.165, 1.54) is 17.8 Å². The molecular formula is C20H30FN3O2S. The van der Waals surface area contributed by atoms with E-state index in [0.29, 0.717) is 16.4 Å². The summed E-state index contributed by atoms with van der Waals surface area (Å²) in [6, 6.07) is 4.63. The number of thioether (sulfide) groups is 1. The number of alkyl carbamates (subject to hydrolysis) is 1. The molecule has 1 saturated carbocycles. The van der Waals surface area contributed by atoms with E-state index in [0.717, 1.165) is 25.0 Å². The fourth-order valence-corrected chi connectivity index (χ4v) is 4.75. The van der Waals surface area contributed by atoms with Crippen LogP contribution < -0.4 is 11.1 Å². The Labute approximate surface area is 165 Å². The molecule has 5 nitrogen and oxygen atoms in total. The van der Waals surface area contributed by atoms with Gasteiger partial charge in [0.15, 0.2) is 5.17 Å². The normalized spacial score (nSPS) is 24.2. The lowest BCUT2D eigenvalue weighted by Crippen LogP contribution is -2.42. The second-order valence-corrected chi connectivity index (χ2v) is 8.62. The van der Waals surface area contributed by atoms with Crippen LogP contribution in [0.2, 0.25) is 0 Å². The Kier molecular flexibility index (Phi) is 6.78. The van der Waals surface area contributed by atoms with Gasteiger partial charge in [-0.1, -0.05) is 32.0 Å². The van der Waals surface area contributed by atoms with Gasteiger partial charge in [0, 0.05) is 17.0 Å². The van der Waals surface area contributed by atoms with Crippen molar-refractivity contribution in [2.75, 3.05) is 11.5 Å². The topological polar surface area (TPSA) is 76.7 Å². The molecule has 7 heteroatoms. The molecule has 0 bridgehead atoms. The van der Waals surface area contributed by atoms with Gasteiger partial charge in [0.2, 0.25) is 0 Å². The van der Waals surface area contributed by atoms with Crippen LogP contribution in [0.4, 0.5) is 14.9 Å². The second kappa shape index (κ2) is 8.50. The minimum atomic E-state index is -0.658. The number of amides is 1. The Hall–Kier alpha value is -1.76. The molecular weight excluding hydrogens is 365 g/mol. The average Bonchev–Trinajstić information content (AvgIpc) is 3.01. The summed E-state index contributed by atoms with van der Waals surface area (Å²) in [6.45, 7) is 9.41. The van der Waals surface area contributed by atoms with Gasteiger partial charge < -0.3 is 10.5 Å². The number of ether oxygens (including phenoxy) is 1. The summed E-state index contributed by atoms with van der Waals surface area (Å²) in [4.78, 5) is 16.8. The number of halogens is 1. The summed E-state index contributed by atoms with van der Waals surface area (Å²) in [5.41, 5.74) is 5.69. The van der Waals surface area contributed by atoms with Gasteiger partial charge >= 0.3 is 6.09 Å². The lowest BCUT2D eigenvalue weighted by atomic mass is 9.81. The van der Waals surface area contributed by atoms with Gasteiger partial charge in [0.1, 0.15) is 11.4 Å². The van der Waals surface area contributed by atoms with Crippen molar-refractivity contribution < 1.29 is 13.9 Å². The molecule has 1 amide bonds. The highest BCUT2D eigenvalue weighted by atomic mass is 32.2. The number of aliphatic imine (C=N–C) groups is 1. The molecule has 2 atom stereocenters. The quantitative estimate of drug-likeness (QED) is 0.652. The molecule has 1 aliphatic heterocycles. The van der Waals surface area contributed by atoms with E-state index in [2.05, 4.69) is 5.32 Å². The monoisotopic (exact) mass is 395 g/mol. The number of carbonyl (C=O) groups is 1. The fraction of sp³-hybridized carbons (Fsp3) is 0.600. The van der Waals surface area contributed by atoms with Gasteiger partial charge in [-0.25, -0.2) is 9.18 Å². The highest BCUT2D eigenvalue weighted by molar-refractivity contribution is 8.13. The predicted octanol–water partition coefficient (Wildman–Crippen LogP) is 5.06. The predicted molar refractivity (Wildman–Crippen MR) is 110 cm³/mol. The Bertz CT molecular complexity index is 718. The van der Waals surface area contributed by atoms with Gasteiger partial charge in [-0.3, -0.25) is 10.3 Å². The number of anilines is 1. The first-order valence-corrected chi connectivity index (χ1v) is 10.5. The van der Waals surface area contributed by atoms with Crippen LogP contribution >= 0.6 is 11.8 Å². The van der Waals surface area contributed by atoms with E-state index in [1.807, 2.05) is 13.8 Å². The zero-order valence-corrected chi connectivity index (χ0v) is 17.6. The Balaban J connectivity index is 0.00000126. The first-order valence-electron chi connectivity index (χ1n) is 9.48. The van der Waals surface area contributed by atoms with Crippen LogP contribution in [0.5, 0.6) is 0 Å².